The first kappa shape index (κ1) is 13.9. The van der Waals surface area contributed by atoms with Crippen molar-refractivity contribution in [2.75, 3.05) is 13.2 Å². The molecule has 0 aliphatic carbocycles. The number of nitrogens with one attached hydrogen (secondary N) is 1. The summed E-state index contributed by atoms with van der Waals surface area (Å²) in [6.45, 7) is 7.27. The zero-order chi connectivity index (χ0) is 12.7. The van der Waals surface area contributed by atoms with Crippen molar-refractivity contribution in [3.63, 3.8) is 0 Å². The molecule has 0 saturated carbocycles. The third-order valence-corrected chi connectivity index (χ3v) is 3.88. The second-order valence-corrected chi connectivity index (χ2v) is 5.50. The van der Waals surface area contributed by atoms with Crippen molar-refractivity contribution < 1.29 is 9.22 Å². The zero-order valence-corrected chi connectivity index (χ0v) is 12.2. The number of aromatic nitrogens is 2. The summed E-state index contributed by atoms with van der Waals surface area (Å²) < 4.78 is 6.77. The van der Waals surface area contributed by atoms with Crippen LogP contribution in [-0.4, -0.2) is 38.7 Å². The fourth-order valence-electron chi connectivity index (χ4n) is 1.58. The predicted octanol–water partition coefficient (Wildman–Crippen LogP) is 0.986. The van der Waals surface area contributed by atoms with Crippen LogP contribution in [0.25, 0.3) is 0 Å². The summed E-state index contributed by atoms with van der Waals surface area (Å²) >= 11 is 0. The van der Waals surface area contributed by atoms with E-state index >= 15 is 0 Å². The van der Waals surface area contributed by atoms with E-state index in [1.54, 1.807) is 0 Å². The van der Waals surface area contributed by atoms with E-state index in [1.807, 2.05) is 26.8 Å². The Morgan fingerprint density at radius 3 is 2.94 bits per heavy atom. The van der Waals surface area contributed by atoms with Crippen molar-refractivity contribution in [3.05, 3.63) is 17.5 Å². The van der Waals surface area contributed by atoms with E-state index in [1.165, 1.54) is 4.68 Å². The van der Waals surface area contributed by atoms with E-state index < -0.39 is 0 Å². The minimum Gasteiger partial charge on any atom is -0.424 e. The molecule has 17 heavy (non-hydrogen) atoms. The minimum absolute atomic E-state index is 0.145. The Kier molecular flexibility index (Phi) is 5.92. The molecule has 0 bridgehead atoms. The van der Waals surface area contributed by atoms with Gasteiger partial charge in [-0.25, -0.2) is 4.79 Å². The molecule has 0 atom stereocenters. The highest BCUT2D eigenvalue weighted by molar-refractivity contribution is 6.26. The number of nitrogens with zero attached hydrogens (tertiary/aromatic N) is 2. The average Bonchev–Trinajstić information content (AvgIpc) is 2.62. The van der Waals surface area contributed by atoms with E-state index in [9.17, 15) is 4.79 Å². The number of hydrogen-bond acceptors (Lipinski definition) is 3. The first-order chi connectivity index (χ1) is 8.15. The van der Waals surface area contributed by atoms with Crippen LogP contribution in [0.2, 0.25) is 6.04 Å². The van der Waals surface area contributed by atoms with E-state index in [0.29, 0.717) is 6.54 Å². The van der Waals surface area contributed by atoms with Crippen LogP contribution in [0, 0.1) is 13.8 Å². The topological polar surface area (TPSA) is 56.1 Å². The van der Waals surface area contributed by atoms with Gasteiger partial charge in [-0.15, -0.1) is 0 Å². The molecule has 1 aromatic rings. The normalized spacial score (nSPS) is 11.2. The van der Waals surface area contributed by atoms with Gasteiger partial charge >= 0.3 is 6.03 Å². The highest BCUT2D eigenvalue weighted by atomic mass is 28.2. The molecule has 0 spiro atoms. The second kappa shape index (κ2) is 7.23. The van der Waals surface area contributed by atoms with Crippen LogP contribution in [0.3, 0.4) is 0 Å². The standard InChI is InChI=1S/C11H21N3O2Si/c1-4-16-17-7-5-6-12-11(15)14-10(3)8-9(2)13-14/h8H,4-7,17H2,1-3H3,(H,12,15). The van der Waals surface area contributed by atoms with Crippen molar-refractivity contribution in [1.29, 1.82) is 0 Å². The molecule has 0 radical (unpaired) electrons. The third kappa shape index (κ3) is 4.70. The smallest absolute Gasteiger partial charge is 0.342 e. The Morgan fingerprint density at radius 2 is 2.35 bits per heavy atom. The number of aryl methyl sites for hydroxylation is 2. The molecule has 0 aromatic carbocycles. The molecule has 5 nitrogen and oxygen atoms in total. The number of carbonyl (C=O) groups is 1. The molecule has 0 aliphatic rings. The molecule has 1 amide bonds. The van der Waals surface area contributed by atoms with Crippen LogP contribution in [0.4, 0.5) is 4.79 Å². The monoisotopic (exact) mass is 255 g/mol. The Morgan fingerprint density at radius 1 is 1.59 bits per heavy atom. The maximum Gasteiger partial charge on any atom is 0.342 e. The van der Waals surface area contributed by atoms with Gasteiger partial charge in [-0.3, -0.25) is 0 Å². The van der Waals surface area contributed by atoms with Gasteiger partial charge in [0.2, 0.25) is 0 Å². The number of carbonyl (C=O) groups excluding carboxylic acids is 1. The van der Waals surface area contributed by atoms with Crippen LogP contribution in [0.1, 0.15) is 24.7 Å². The van der Waals surface area contributed by atoms with Gasteiger partial charge in [0.1, 0.15) is 0 Å². The second-order valence-electron chi connectivity index (χ2n) is 3.97. The Bertz CT molecular complexity index is 366. The summed E-state index contributed by atoms with van der Waals surface area (Å²) in [6.07, 6.45) is 0.983. The van der Waals surface area contributed by atoms with Crippen LogP contribution in [0.5, 0.6) is 0 Å². The van der Waals surface area contributed by atoms with Gasteiger partial charge in [0.25, 0.3) is 0 Å². The highest BCUT2D eigenvalue weighted by Crippen LogP contribution is 2.00. The molecule has 96 valence electrons. The van der Waals surface area contributed by atoms with Gasteiger partial charge < -0.3 is 9.74 Å². The lowest BCUT2D eigenvalue weighted by Gasteiger charge is -2.06. The minimum atomic E-state index is -0.374. The quantitative estimate of drug-likeness (QED) is 0.609. The first-order valence-corrected chi connectivity index (χ1v) is 7.62. The molecule has 1 heterocycles. The van der Waals surface area contributed by atoms with Gasteiger partial charge in [0, 0.05) is 18.8 Å². The average molecular weight is 255 g/mol. The van der Waals surface area contributed by atoms with Crippen molar-refractivity contribution >= 4 is 15.8 Å². The van der Waals surface area contributed by atoms with Gasteiger partial charge in [-0.2, -0.15) is 9.78 Å². The highest BCUT2D eigenvalue weighted by Gasteiger charge is 2.08. The molecule has 6 heteroatoms. The molecule has 0 aliphatic heterocycles. The van der Waals surface area contributed by atoms with E-state index in [-0.39, 0.29) is 15.8 Å². The Hall–Kier alpha value is -1.14. The van der Waals surface area contributed by atoms with Crippen LogP contribution >= 0.6 is 0 Å². The van der Waals surface area contributed by atoms with Crippen LogP contribution in [0.15, 0.2) is 6.07 Å². The molecule has 0 unspecified atom stereocenters. The lowest BCUT2D eigenvalue weighted by atomic mass is 10.4. The Labute approximate surface area is 104 Å². The summed E-state index contributed by atoms with van der Waals surface area (Å²) in [5.41, 5.74) is 1.73. The van der Waals surface area contributed by atoms with Gasteiger partial charge in [-0.05, 0) is 39.3 Å². The van der Waals surface area contributed by atoms with Crippen molar-refractivity contribution in [2.45, 2.75) is 33.2 Å². The van der Waals surface area contributed by atoms with Crippen LogP contribution < -0.4 is 5.32 Å². The fraction of sp³-hybridized carbons (Fsp3) is 0.636. The van der Waals surface area contributed by atoms with Crippen molar-refractivity contribution in [1.82, 2.24) is 15.1 Å². The number of hydrogen-bond donors (Lipinski definition) is 1. The predicted molar refractivity (Wildman–Crippen MR) is 70.1 cm³/mol. The SMILES string of the molecule is CCO[SiH2]CCCNC(=O)n1nc(C)cc1C. The largest absolute Gasteiger partial charge is 0.424 e. The van der Waals surface area contributed by atoms with Crippen molar-refractivity contribution in [3.8, 4) is 0 Å². The van der Waals surface area contributed by atoms with Gasteiger partial charge in [0.05, 0.1) is 5.69 Å². The Balaban J connectivity index is 2.23. The zero-order valence-electron chi connectivity index (χ0n) is 10.8. The number of rotatable bonds is 6. The number of amides is 1. The summed E-state index contributed by atoms with van der Waals surface area (Å²) in [4.78, 5) is 11.7. The molecule has 1 aromatic heterocycles. The fourth-order valence-corrected chi connectivity index (χ4v) is 2.53. The lowest BCUT2D eigenvalue weighted by molar-refractivity contribution is 0.239. The molecule has 0 fully saturated rings. The first-order valence-electron chi connectivity index (χ1n) is 6.04. The molecule has 1 N–H and O–H groups in total. The maximum atomic E-state index is 11.7. The molecular formula is C11H21N3O2Si. The van der Waals surface area contributed by atoms with Gasteiger partial charge in [-0.1, -0.05) is 0 Å². The molecule has 0 saturated heterocycles. The third-order valence-electron chi connectivity index (χ3n) is 2.40. The summed E-state index contributed by atoms with van der Waals surface area (Å²) in [5.74, 6) is 0. The van der Waals surface area contributed by atoms with E-state index in [0.717, 1.165) is 30.5 Å². The summed E-state index contributed by atoms with van der Waals surface area (Å²) in [6, 6.07) is 2.85. The van der Waals surface area contributed by atoms with E-state index in [2.05, 4.69) is 10.4 Å². The summed E-state index contributed by atoms with van der Waals surface area (Å²) in [5, 5.41) is 6.99. The van der Waals surface area contributed by atoms with Crippen LogP contribution in [-0.2, 0) is 4.43 Å². The lowest BCUT2D eigenvalue weighted by Crippen LogP contribution is -2.31. The molecule has 1 rings (SSSR count). The van der Waals surface area contributed by atoms with E-state index in [4.69, 9.17) is 4.43 Å². The summed E-state index contributed by atoms with van der Waals surface area (Å²) in [7, 11) is -0.374. The maximum absolute atomic E-state index is 11.7. The van der Waals surface area contributed by atoms with Crippen molar-refractivity contribution in [2.24, 2.45) is 0 Å². The van der Waals surface area contributed by atoms with Gasteiger partial charge in [0.15, 0.2) is 9.76 Å². The molecular weight excluding hydrogens is 234 g/mol.